The summed E-state index contributed by atoms with van der Waals surface area (Å²) >= 11 is 0. The summed E-state index contributed by atoms with van der Waals surface area (Å²) in [6, 6.07) is 10.5. The Balaban J connectivity index is 2.31. The number of ether oxygens (including phenoxy) is 1. The fraction of sp³-hybridized carbons (Fsp3) is 0.133. The summed E-state index contributed by atoms with van der Waals surface area (Å²) in [7, 11) is 1.80. The van der Waals surface area contributed by atoms with Crippen molar-refractivity contribution in [2.75, 3.05) is 7.05 Å². The van der Waals surface area contributed by atoms with Crippen molar-refractivity contribution in [3.8, 4) is 17.6 Å². The third kappa shape index (κ3) is 3.11. The Morgan fingerprint density at radius 1 is 1.20 bits per heavy atom. The molecule has 0 heterocycles. The molecule has 5 heteroatoms. The molecule has 1 N–H and O–H groups in total. The molecule has 20 heavy (non-hydrogen) atoms. The minimum Gasteiger partial charge on any atom is -0.451 e. The molecule has 0 saturated carbocycles. The lowest BCUT2D eigenvalue weighted by Crippen LogP contribution is -2.04. The van der Waals surface area contributed by atoms with E-state index in [0.29, 0.717) is 12.3 Å². The quantitative estimate of drug-likeness (QED) is 0.930. The van der Waals surface area contributed by atoms with Crippen LogP contribution in [-0.2, 0) is 6.54 Å². The summed E-state index contributed by atoms with van der Waals surface area (Å²) in [5.41, 5.74) is 0.843. The highest BCUT2D eigenvalue weighted by molar-refractivity contribution is 5.40. The molecule has 0 bridgehead atoms. The molecule has 0 atom stereocenters. The number of rotatable bonds is 4. The standard InChI is InChI=1S/C15H12F2N2O/c1-19-9-10-3-2-4-12(5-10)20-15-13(16)6-11(8-18)7-14(15)17/h2-7,19H,9H2,1H3. The largest absolute Gasteiger partial charge is 0.451 e. The molecule has 2 rings (SSSR count). The van der Waals surface area contributed by atoms with Crippen molar-refractivity contribution < 1.29 is 13.5 Å². The van der Waals surface area contributed by atoms with Crippen molar-refractivity contribution in [3.63, 3.8) is 0 Å². The van der Waals surface area contributed by atoms with Crippen molar-refractivity contribution in [1.82, 2.24) is 5.32 Å². The van der Waals surface area contributed by atoms with E-state index >= 15 is 0 Å². The molecule has 2 aromatic rings. The van der Waals surface area contributed by atoms with Crippen LogP contribution in [0.2, 0.25) is 0 Å². The van der Waals surface area contributed by atoms with Crippen LogP contribution in [0.1, 0.15) is 11.1 Å². The van der Waals surface area contributed by atoms with Gasteiger partial charge in [0.1, 0.15) is 5.75 Å². The molecule has 0 amide bonds. The second-order valence-corrected chi connectivity index (χ2v) is 4.16. The zero-order chi connectivity index (χ0) is 14.5. The van der Waals surface area contributed by atoms with E-state index in [2.05, 4.69) is 5.32 Å². The van der Waals surface area contributed by atoms with Crippen LogP contribution >= 0.6 is 0 Å². The molecule has 0 radical (unpaired) electrons. The molecule has 0 aromatic heterocycles. The molecule has 3 nitrogen and oxygen atoms in total. The van der Waals surface area contributed by atoms with E-state index in [4.69, 9.17) is 10.00 Å². The van der Waals surface area contributed by atoms with Crippen LogP contribution in [0.15, 0.2) is 36.4 Å². The number of benzene rings is 2. The minimum absolute atomic E-state index is 0.0868. The van der Waals surface area contributed by atoms with Gasteiger partial charge in [0.2, 0.25) is 0 Å². The second-order valence-electron chi connectivity index (χ2n) is 4.16. The Labute approximate surface area is 115 Å². The molecule has 0 aliphatic heterocycles. The van der Waals surface area contributed by atoms with E-state index in [1.54, 1.807) is 31.3 Å². The number of nitrogens with one attached hydrogen (secondary N) is 1. The van der Waals surface area contributed by atoms with Crippen LogP contribution in [0.4, 0.5) is 8.78 Å². The van der Waals surface area contributed by atoms with E-state index < -0.39 is 17.4 Å². The summed E-state index contributed by atoms with van der Waals surface area (Å²) in [6.07, 6.45) is 0. The summed E-state index contributed by atoms with van der Waals surface area (Å²) in [5, 5.41) is 11.6. The van der Waals surface area contributed by atoms with E-state index in [1.807, 2.05) is 6.07 Å². The fourth-order valence-corrected chi connectivity index (χ4v) is 1.76. The van der Waals surface area contributed by atoms with Gasteiger partial charge in [-0.3, -0.25) is 0 Å². The van der Waals surface area contributed by atoms with Crippen molar-refractivity contribution in [2.24, 2.45) is 0 Å². The molecule has 0 spiro atoms. The second kappa shape index (κ2) is 6.13. The fourth-order valence-electron chi connectivity index (χ4n) is 1.76. The van der Waals surface area contributed by atoms with Crippen molar-refractivity contribution in [1.29, 1.82) is 5.26 Å². The lowest BCUT2D eigenvalue weighted by Gasteiger charge is -2.09. The van der Waals surface area contributed by atoms with Gasteiger partial charge < -0.3 is 10.1 Å². The summed E-state index contributed by atoms with van der Waals surface area (Å²) in [4.78, 5) is 0. The monoisotopic (exact) mass is 274 g/mol. The SMILES string of the molecule is CNCc1cccc(Oc2c(F)cc(C#N)cc2F)c1. The number of nitriles is 1. The van der Waals surface area contributed by atoms with Crippen LogP contribution in [0.3, 0.4) is 0 Å². The number of nitrogens with zero attached hydrogens (tertiary/aromatic N) is 1. The van der Waals surface area contributed by atoms with Gasteiger partial charge >= 0.3 is 0 Å². The van der Waals surface area contributed by atoms with E-state index in [-0.39, 0.29) is 5.56 Å². The zero-order valence-corrected chi connectivity index (χ0v) is 10.8. The topological polar surface area (TPSA) is 45.0 Å². The Hall–Kier alpha value is -2.45. The highest BCUT2D eigenvalue weighted by atomic mass is 19.1. The van der Waals surface area contributed by atoms with Crippen molar-refractivity contribution in [2.45, 2.75) is 6.54 Å². The van der Waals surface area contributed by atoms with Gasteiger partial charge in [0.05, 0.1) is 11.6 Å². The van der Waals surface area contributed by atoms with Gasteiger partial charge in [0.15, 0.2) is 17.4 Å². The van der Waals surface area contributed by atoms with Gasteiger partial charge in [0, 0.05) is 6.54 Å². The van der Waals surface area contributed by atoms with Gasteiger partial charge in [-0.2, -0.15) is 5.26 Å². The lowest BCUT2D eigenvalue weighted by molar-refractivity contribution is 0.407. The third-order valence-corrected chi connectivity index (χ3v) is 2.63. The molecule has 0 unspecified atom stereocenters. The highest BCUT2D eigenvalue weighted by Crippen LogP contribution is 2.28. The first-order chi connectivity index (χ1) is 9.63. The van der Waals surface area contributed by atoms with Crippen molar-refractivity contribution in [3.05, 3.63) is 59.2 Å². The molecule has 2 aromatic carbocycles. The van der Waals surface area contributed by atoms with Crippen LogP contribution in [0, 0.1) is 23.0 Å². The first kappa shape index (κ1) is 14.0. The molecular weight excluding hydrogens is 262 g/mol. The van der Waals surface area contributed by atoms with Crippen LogP contribution < -0.4 is 10.1 Å². The van der Waals surface area contributed by atoms with Gasteiger partial charge in [-0.05, 0) is 36.9 Å². The minimum atomic E-state index is -0.902. The average molecular weight is 274 g/mol. The van der Waals surface area contributed by atoms with Gasteiger partial charge in [-0.1, -0.05) is 12.1 Å². The van der Waals surface area contributed by atoms with Gasteiger partial charge in [-0.15, -0.1) is 0 Å². The van der Waals surface area contributed by atoms with E-state index in [9.17, 15) is 8.78 Å². The molecule has 0 saturated heterocycles. The number of halogens is 2. The molecule has 0 aliphatic carbocycles. The maximum atomic E-state index is 13.7. The van der Waals surface area contributed by atoms with Gasteiger partial charge in [-0.25, -0.2) is 8.78 Å². The normalized spacial score (nSPS) is 10.1. The maximum absolute atomic E-state index is 13.7. The van der Waals surface area contributed by atoms with E-state index in [0.717, 1.165) is 17.7 Å². The van der Waals surface area contributed by atoms with Crippen LogP contribution in [0.5, 0.6) is 11.5 Å². The Kier molecular flexibility index (Phi) is 4.28. The zero-order valence-electron chi connectivity index (χ0n) is 10.8. The first-order valence-electron chi connectivity index (χ1n) is 5.94. The summed E-state index contributed by atoms with van der Waals surface area (Å²) in [5.74, 6) is -1.98. The smallest absolute Gasteiger partial charge is 0.198 e. The third-order valence-electron chi connectivity index (χ3n) is 2.63. The van der Waals surface area contributed by atoms with Crippen molar-refractivity contribution >= 4 is 0 Å². The lowest BCUT2D eigenvalue weighted by atomic mass is 10.2. The molecular formula is C15H12F2N2O. The molecule has 0 aliphatic rings. The van der Waals surface area contributed by atoms with Gasteiger partial charge in [0.25, 0.3) is 0 Å². The summed E-state index contributed by atoms with van der Waals surface area (Å²) in [6.45, 7) is 0.621. The predicted octanol–water partition coefficient (Wildman–Crippen LogP) is 3.35. The maximum Gasteiger partial charge on any atom is 0.198 e. The Morgan fingerprint density at radius 3 is 2.50 bits per heavy atom. The average Bonchev–Trinajstić information content (AvgIpc) is 2.43. The number of hydrogen-bond donors (Lipinski definition) is 1. The first-order valence-corrected chi connectivity index (χ1v) is 5.94. The highest BCUT2D eigenvalue weighted by Gasteiger charge is 2.13. The van der Waals surface area contributed by atoms with E-state index in [1.165, 1.54) is 0 Å². The van der Waals surface area contributed by atoms with Crippen LogP contribution in [0.25, 0.3) is 0 Å². The number of hydrogen-bond acceptors (Lipinski definition) is 3. The van der Waals surface area contributed by atoms with Crippen LogP contribution in [-0.4, -0.2) is 7.05 Å². The predicted molar refractivity (Wildman–Crippen MR) is 70.4 cm³/mol. The molecule has 0 fully saturated rings. The molecule has 102 valence electrons. The Bertz CT molecular complexity index is 642. The summed E-state index contributed by atoms with van der Waals surface area (Å²) < 4.78 is 32.6. The Morgan fingerprint density at radius 2 is 1.90 bits per heavy atom.